The van der Waals surface area contributed by atoms with E-state index in [1.54, 1.807) is 0 Å². The molecule has 8 nitrogen and oxygen atoms in total. The molecule has 0 unspecified atom stereocenters. The number of rotatable bonds is 4. The molecule has 1 amide bonds. The van der Waals surface area contributed by atoms with Gasteiger partial charge in [-0.3, -0.25) is 19.7 Å². The van der Waals surface area contributed by atoms with Crippen LogP contribution in [0.1, 0.15) is 29.6 Å². The number of pyridine rings is 1. The minimum atomic E-state index is -0.887. The molecule has 2 rings (SSSR count). The van der Waals surface area contributed by atoms with Crippen molar-refractivity contribution in [3.63, 3.8) is 0 Å². The molecular weight excluding hydrogens is 302 g/mol. The van der Waals surface area contributed by atoms with Gasteiger partial charge in [0, 0.05) is 12.1 Å². The van der Waals surface area contributed by atoms with E-state index in [4.69, 9.17) is 16.7 Å². The standard InChI is InChI=1S/C12H12ClN3O5/c13-10-9(4-8(5-14-10)16(20)21)11(17)15-7-2-1-6(3-7)12(18)19/h4-7H,1-3H2,(H,15,17)(H,18,19)/t6-,7+/m1/s1. The fourth-order valence-corrected chi connectivity index (χ4v) is 2.49. The zero-order valence-corrected chi connectivity index (χ0v) is 11.5. The van der Waals surface area contributed by atoms with Crippen LogP contribution in [0.15, 0.2) is 12.3 Å². The molecule has 9 heteroatoms. The van der Waals surface area contributed by atoms with Gasteiger partial charge in [0.15, 0.2) is 0 Å². The number of aliphatic carboxylic acids is 1. The summed E-state index contributed by atoms with van der Waals surface area (Å²) < 4.78 is 0. The van der Waals surface area contributed by atoms with Crippen molar-refractivity contribution in [1.29, 1.82) is 0 Å². The largest absolute Gasteiger partial charge is 0.481 e. The molecule has 112 valence electrons. The molecule has 2 N–H and O–H groups in total. The average molecular weight is 314 g/mol. The lowest BCUT2D eigenvalue weighted by atomic mass is 10.1. The van der Waals surface area contributed by atoms with Gasteiger partial charge >= 0.3 is 5.97 Å². The summed E-state index contributed by atoms with van der Waals surface area (Å²) >= 11 is 5.77. The summed E-state index contributed by atoms with van der Waals surface area (Å²) in [6.45, 7) is 0. The first-order valence-corrected chi connectivity index (χ1v) is 6.60. The minimum absolute atomic E-state index is 0.0929. The topological polar surface area (TPSA) is 122 Å². The number of halogens is 1. The van der Waals surface area contributed by atoms with E-state index in [9.17, 15) is 19.7 Å². The number of carboxylic acids is 1. The van der Waals surface area contributed by atoms with E-state index in [1.807, 2.05) is 0 Å². The number of nitro groups is 1. The quantitative estimate of drug-likeness (QED) is 0.495. The predicted molar refractivity (Wildman–Crippen MR) is 72.1 cm³/mol. The maximum Gasteiger partial charge on any atom is 0.306 e. The van der Waals surface area contributed by atoms with Crippen LogP contribution in [0.2, 0.25) is 5.15 Å². The van der Waals surface area contributed by atoms with Crippen LogP contribution in [-0.2, 0) is 4.79 Å². The van der Waals surface area contributed by atoms with Crippen molar-refractivity contribution < 1.29 is 19.6 Å². The van der Waals surface area contributed by atoms with Gasteiger partial charge in [-0.15, -0.1) is 0 Å². The second kappa shape index (κ2) is 6.04. The lowest BCUT2D eigenvalue weighted by Crippen LogP contribution is -2.33. The normalized spacial score (nSPS) is 21.0. The van der Waals surface area contributed by atoms with Gasteiger partial charge in [-0.2, -0.15) is 0 Å². The second-order valence-corrected chi connectivity index (χ2v) is 5.17. The second-order valence-electron chi connectivity index (χ2n) is 4.81. The maximum absolute atomic E-state index is 12.1. The van der Waals surface area contributed by atoms with Crippen molar-refractivity contribution in [3.05, 3.63) is 33.1 Å². The smallest absolute Gasteiger partial charge is 0.306 e. The average Bonchev–Trinajstić information content (AvgIpc) is 2.87. The van der Waals surface area contributed by atoms with E-state index in [0.717, 1.165) is 12.3 Å². The number of carbonyl (C=O) groups is 2. The third-order valence-corrected chi connectivity index (χ3v) is 3.70. The van der Waals surface area contributed by atoms with Crippen molar-refractivity contribution in [1.82, 2.24) is 10.3 Å². The number of hydrogen-bond donors (Lipinski definition) is 2. The number of hydrogen-bond acceptors (Lipinski definition) is 5. The minimum Gasteiger partial charge on any atom is -0.481 e. The van der Waals surface area contributed by atoms with E-state index in [-0.39, 0.29) is 22.4 Å². The number of carboxylic acid groups (broad SMARTS) is 1. The Morgan fingerprint density at radius 3 is 2.76 bits per heavy atom. The van der Waals surface area contributed by atoms with Crippen molar-refractivity contribution in [2.45, 2.75) is 25.3 Å². The highest BCUT2D eigenvalue weighted by molar-refractivity contribution is 6.32. The Kier molecular flexibility index (Phi) is 4.37. The predicted octanol–water partition coefficient (Wildman–Crippen LogP) is 1.63. The Hall–Kier alpha value is -2.22. The highest BCUT2D eigenvalue weighted by atomic mass is 35.5. The third kappa shape index (κ3) is 3.46. The fourth-order valence-electron chi connectivity index (χ4n) is 2.30. The summed E-state index contributed by atoms with van der Waals surface area (Å²) in [5, 5.41) is 22.1. The molecule has 1 fully saturated rings. The molecule has 21 heavy (non-hydrogen) atoms. The van der Waals surface area contributed by atoms with Crippen LogP contribution in [-0.4, -0.2) is 32.9 Å². The Morgan fingerprint density at radius 1 is 1.48 bits per heavy atom. The lowest BCUT2D eigenvalue weighted by molar-refractivity contribution is -0.385. The Balaban J connectivity index is 2.09. The van der Waals surface area contributed by atoms with Gasteiger partial charge in [0.2, 0.25) is 0 Å². The zero-order chi connectivity index (χ0) is 15.6. The molecule has 0 aliphatic heterocycles. The van der Waals surface area contributed by atoms with Gasteiger partial charge in [0.25, 0.3) is 11.6 Å². The van der Waals surface area contributed by atoms with Crippen molar-refractivity contribution >= 4 is 29.2 Å². The van der Waals surface area contributed by atoms with Crippen molar-refractivity contribution in [2.24, 2.45) is 5.92 Å². The molecule has 1 aromatic heterocycles. The van der Waals surface area contributed by atoms with Gasteiger partial charge in [-0.25, -0.2) is 4.98 Å². The number of nitrogens with zero attached hydrogens (tertiary/aromatic N) is 2. The van der Waals surface area contributed by atoms with Crippen LogP contribution >= 0.6 is 11.6 Å². The van der Waals surface area contributed by atoms with E-state index < -0.39 is 22.7 Å². The molecule has 0 saturated heterocycles. The number of carbonyl (C=O) groups excluding carboxylic acids is 1. The first-order chi connectivity index (χ1) is 9.88. The van der Waals surface area contributed by atoms with E-state index in [1.165, 1.54) is 0 Å². The highest BCUT2D eigenvalue weighted by Gasteiger charge is 2.31. The third-order valence-electron chi connectivity index (χ3n) is 3.40. The van der Waals surface area contributed by atoms with Crippen LogP contribution in [0.3, 0.4) is 0 Å². The van der Waals surface area contributed by atoms with Crippen LogP contribution < -0.4 is 5.32 Å². The molecule has 0 radical (unpaired) electrons. The number of nitrogens with one attached hydrogen (secondary N) is 1. The van der Waals surface area contributed by atoms with Crippen LogP contribution in [0.4, 0.5) is 5.69 Å². The number of amides is 1. The van der Waals surface area contributed by atoms with Crippen molar-refractivity contribution in [2.75, 3.05) is 0 Å². The van der Waals surface area contributed by atoms with Crippen LogP contribution in [0.25, 0.3) is 0 Å². The van der Waals surface area contributed by atoms with Gasteiger partial charge in [-0.05, 0) is 19.3 Å². The van der Waals surface area contributed by atoms with E-state index in [2.05, 4.69) is 10.3 Å². The highest BCUT2D eigenvalue weighted by Crippen LogP contribution is 2.26. The SMILES string of the molecule is O=C(N[C@H]1CC[C@@H](C(=O)O)C1)c1cc([N+](=O)[O-])cnc1Cl. The number of aromatic nitrogens is 1. The van der Waals surface area contributed by atoms with E-state index in [0.29, 0.717) is 19.3 Å². The monoisotopic (exact) mass is 313 g/mol. The Labute approximate surface area is 124 Å². The Bertz CT molecular complexity index is 607. The molecule has 1 saturated carbocycles. The summed E-state index contributed by atoms with van der Waals surface area (Å²) in [4.78, 5) is 36.5. The van der Waals surface area contributed by atoms with Gasteiger partial charge in [0.05, 0.1) is 16.4 Å². The molecule has 0 spiro atoms. The molecule has 1 aromatic rings. The summed E-state index contributed by atoms with van der Waals surface area (Å²) in [5.41, 5.74) is -0.427. The molecule has 2 atom stereocenters. The molecule has 0 bridgehead atoms. The van der Waals surface area contributed by atoms with Crippen LogP contribution in [0, 0.1) is 16.0 Å². The fraction of sp³-hybridized carbons (Fsp3) is 0.417. The lowest BCUT2D eigenvalue weighted by Gasteiger charge is -2.12. The molecule has 1 aliphatic rings. The summed E-state index contributed by atoms with van der Waals surface area (Å²) in [7, 11) is 0. The first-order valence-electron chi connectivity index (χ1n) is 6.22. The summed E-state index contributed by atoms with van der Waals surface area (Å²) in [6, 6.07) is 0.766. The van der Waals surface area contributed by atoms with Crippen molar-refractivity contribution in [3.8, 4) is 0 Å². The van der Waals surface area contributed by atoms with E-state index >= 15 is 0 Å². The maximum atomic E-state index is 12.1. The molecule has 0 aromatic carbocycles. The van der Waals surface area contributed by atoms with Crippen LogP contribution in [0.5, 0.6) is 0 Å². The molecular formula is C12H12ClN3O5. The molecule has 1 heterocycles. The summed E-state index contributed by atoms with van der Waals surface area (Å²) in [5.74, 6) is -1.96. The summed E-state index contributed by atoms with van der Waals surface area (Å²) in [6.07, 6.45) is 2.33. The zero-order valence-electron chi connectivity index (χ0n) is 10.8. The van der Waals surface area contributed by atoms with Gasteiger partial charge in [-0.1, -0.05) is 11.6 Å². The van der Waals surface area contributed by atoms with Gasteiger partial charge < -0.3 is 10.4 Å². The first kappa shape index (κ1) is 15.2. The Morgan fingerprint density at radius 2 is 2.19 bits per heavy atom. The van der Waals surface area contributed by atoms with Gasteiger partial charge in [0.1, 0.15) is 11.3 Å². The molecule has 1 aliphatic carbocycles.